The normalized spacial score (nSPS) is 19.5. The molecule has 4 rings (SSSR count). The van der Waals surface area contributed by atoms with Gasteiger partial charge in [-0.2, -0.15) is 5.10 Å². The molecule has 0 saturated carbocycles. The van der Waals surface area contributed by atoms with Crippen LogP contribution in [0.3, 0.4) is 0 Å². The number of nitrogens with one attached hydrogen (secondary N) is 2. The van der Waals surface area contributed by atoms with Crippen LogP contribution in [0.5, 0.6) is 0 Å². The predicted octanol–water partition coefficient (Wildman–Crippen LogP) is 4.71. The molecule has 1 aliphatic heterocycles. The van der Waals surface area contributed by atoms with E-state index in [1.54, 1.807) is 6.07 Å². The minimum atomic E-state index is 0.114. The van der Waals surface area contributed by atoms with Gasteiger partial charge in [0.15, 0.2) is 0 Å². The average molecular weight is 419 g/mol. The minimum absolute atomic E-state index is 0.114. The summed E-state index contributed by atoms with van der Waals surface area (Å²) in [4.78, 5) is 0. The monoisotopic (exact) mass is 418 g/mol. The highest BCUT2D eigenvalue weighted by molar-refractivity contribution is 6.36. The number of aryl methyl sites for hydroxylation is 2. The molecule has 2 aromatic heterocycles. The van der Waals surface area contributed by atoms with Crippen molar-refractivity contribution in [1.82, 2.24) is 14.9 Å². The van der Waals surface area contributed by atoms with Gasteiger partial charge < -0.3 is 15.4 Å². The van der Waals surface area contributed by atoms with Crippen LogP contribution in [0.15, 0.2) is 30.5 Å². The molecule has 0 radical (unpaired) electrons. The first-order chi connectivity index (χ1) is 13.5. The molecular weight excluding hydrogens is 395 g/mol. The van der Waals surface area contributed by atoms with E-state index in [9.17, 15) is 0 Å². The van der Waals surface area contributed by atoms with Crippen LogP contribution in [0.4, 0.5) is 5.69 Å². The minimum Gasteiger partial charge on any atom is -0.376 e. The third-order valence-corrected chi connectivity index (χ3v) is 5.68. The van der Waals surface area contributed by atoms with Crippen LogP contribution in [0.25, 0.3) is 16.6 Å². The summed E-state index contributed by atoms with van der Waals surface area (Å²) in [5.74, 6) is 0. The van der Waals surface area contributed by atoms with Gasteiger partial charge in [-0.05, 0) is 44.5 Å². The van der Waals surface area contributed by atoms with Gasteiger partial charge in [0.25, 0.3) is 0 Å². The molecule has 148 valence electrons. The molecule has 3 heterocycles. The lowest BCUT2D eigenvalue weighted by atomic mass is 10.0. The number of ether oxygens (including phenoxy) is 1. The van der Waals surface area contributed by atoms with Gasteiger partial charge >= 0.3 is 0 Å². The summed E-state index contributed by atoms with van der Waals surface area (Å²) in [6.45, 7) is 8.47. The van der Waals surface area contributed by atoms with E-state index in [1.807, 2.05) is 36.7 Å². The second kappa shape index (κ2) is 7.91. The largest absolute Gasteiger partial charge is 0.376 e. The van der Waals surface area contributed by atoms with Crippen molar-refractivity contribution in [3.05, 3.63) is 51.8 Å². The van der Waals surface area contributed by atoms with Crippen molar-refractivity contribution >= 4 is 34.4 Å². The van der Waals surface area contributed by atoms with Crippen LogP contribution in [-0.4, -0.2) is 41.5 Å². The fourth-order valence-corrected chi connectivity index (χ4v) is 4.42. The van der Waals surface area contributed by atoms with Crippen LogP contribution >= 0.6 is 23.2 Å². The van der Waals surface area contributed by atoms with Gasteiger partial charge in [0.05, 0.1) is 34.1 Å². The predicted molar refractivity (Wildman–Crippen MR) is 116 cm³/mol. The van der Waals surface area contributed by atoms with Crippen molar-refractivity contribution in [1.29, 1.82) is 0 Å². The van der Waals surface area contributed by atoms with E-state index < -0.39 is 0 Å². The lowest BCUT2D eigenvalue weighted by Gasteiger charge is -2.24. The maximum Gasteiger partial charge on any atom is 0.0912 e. The van der Waals surface area contributed by atoms with Crippen LogP contribution in [0.2, 0.25) is 10.0 Å². The second-order valence-corrected chi connectivity index (χ2v) is 8.05. The number of rotatable bonds is 5. The lowest BCUT2D eigenvalue weighted by molar-refractivity contribution is 0.0710. The van der Waals surface area contributed by atoms with Crippen molar-refractivity contribution in [2.75, 3.05) is 25.0 Å². The fraction of sp³-hybridized carbons (Fsp3) is 0.381. The first-order valence-corrected chi connectivity index (χ1v) is 10.3. The highest BCUT2D eigenvalue weighted by atomic mass is 35.5. The highest BCUT2D eigenvalue weighted by Gasteiger charge is 2.29. The molecule has 0 spiro atoms. The molecule has 7 heteroatoms. The molecule has 1 saturated heterocycles. The Bertz CT molecular complexity index is 1020. The van der Waals surface area contributed by atoms with Crippen LogP contribution in [0.1, 0.15) is 18.2 Å². The Morgan fingerprint density at radius 1 is 1.25 bits per heavy atom. The Morgan fingerprint density at radius 2 is 2.07 bits per heavy atom. The van der Waals surface area contributed by atoms with Gasteiger partial charge in [0.1, 0.15) is 0 Å². The summed E-state index contributed by atoms with van der Waals surface area (Å²) in [7, 11) is 0. The van der Waals surface area contributed by atoms with E-state index in [0.29, 0.717) is 16.7 Å². The van der Waals surface area contributed by atoms with Crippen molar-refractivity contribution in [2.24, 2.45) is 0 Å². The summed E-state index contributed by atoms with van der Waals surface area (Å²) in [5, 5.41) is 13.2. The molecule has 1 aromatic carbocycles. The number of fused-ring (bicyclic) bond motifs is 1. The second-order valence-electron chi connectivity index (χ2n) is 7.21. The van der Waals surface area contributed by atoms with Crippen LogP contribution < -0.4 is 10.6 Å². The Labute approximate surface area is 175 Å². The highest BCUT2D eigenvalue weighted by Crippen LogP contribution is 2.39. The number of nitrogens with zero attached hydrogens (tertiary/aromatic N) is 2. The zero-order chi connectivity index (χ0) is 19.8. The summed E-state index contributed by atoms with van der Waals surface area (Å²) in [6.07, 6.45) is 2.15. The van der Waals surface area contributed by atoms with E-state index in [1.165, 1.54) is 0 Å². The van der Waals surface area contributed by atoms with Gasteiger partial charge in [-0.25, -0.2) is 4.52 Å². The molecule has 3 aromatic rings. The van der Waals surface area contributed by atoms with Crippen LogP contribution in [-0.2, 0) is 4.74 Å². The third-order valence-electron chi connectivity index (χ3n) is 5.13. The van der Waals surface area contributed by atoms with Crippen molar-refractivity contribution < 1.29 is 4.74 Å². The van der Waals surface area contributed by atoms with E-state index in [2.05, 4.69) is 23.6 Å². The molecule has 0 bridgehead atoms. The number of anilines is 1. The number of aromatic nitrogens is 2. The molecule has 0 amide bonds. The van der Waals surface area contributed by atoms with E-state index in [0.717, 1.165) is 46.7 Å². The van der Waals surface area contributed by atoms with Crippen LogP contribution in [0, 0.1) is 13.8 Å². The van der Waals surface area contributed by atoms with E-state index in [4.69, 9.17) is 33.0 Å². The molecular formula is C21H24Cl2N4O. The maximum absolute atomic E-state index is 6.58. The third kappa shape index (κ3) is 3.60. The van der Waals surface area contributed by atoms with Gasteiger partial charge in [-0.15, -0.1) is 0 Å². The Kier molecular flexibility index (Phi) is 5.52. The summed E-state index contributed by atoms with van der Waals surface area (Å²) in [5.41, 5.74) is 6.00. The topological polar surface area (TPSA) is 50.6 Å². The van der Waals surface area contributed by atoms with Gasteiger partial charge in [-0.3, -0.25) is 0 Å². The molecule has 2 N–H and O–H groups in total. The van der Waals surface area contributed by atoms with Crippen molar-refractivity contribution in [3.8, 4) is 11.1 Å². The summed E-state index contributed by atoms with van der Waals surface area (Å²) in [6, 6.07) is 7.89. The number of hydrogen-bond acceptors (Lipinski definition) is 4. The Hall–Kier alpha value is -1.79. The van der Waals surface area contributed by atoms with Gasteiger partial charge in [-0.1, -0.05) is 29.3 Å². The van der Waals surface area contributed by atoms with E-state index in [-0.39, 0.29) is 12.1 Å². The number of benzene rings is 1. The zero-order valence-corrected chi connectivity index (χ0v) is 17.7. The average Bonchev–Trinajstić information content (AvgIpc) is 3.22. The molecule has 5 nitrogen and oxygen atoms in total. The molecule has 2 atom stereocenters. The molecule has 1 fully saturated rings. The summed E-state index contributed by atoms with van der Waals surface area (Å²) >= 11 is 12.7. The van der Waals surface area contributed by atoms with E-state index >= 15 is 0 Å². The Morgan fingerprint density at radius 3 is 2.82 bits per heavy atom. The molecule has 0 aliphatic carbocycles. The Balaban J connectivity index is 1.89. The summed E-state index contributed by atoms with van der Waals surface area (Å²) < 4.78 is 7.86. The molecule has 28 heavy (non-hydrogen) atoms. The quantitative estimate of drug-likeness (QED) is 0.629. The number of hydrogen-bond donors (Lipinski definition) is 2. The lowest BCUT2D eigenvalue weighted by Crippen LogP contribution is -2.34. The van der Waals surface area contributed by atoms with Gasteiger partial charge in [0, 0.05) is 42.0 Å². The smallest absolute Gasteiger partial charge is 0.0912 e. The SMILES string of the molecule is CCO[C@H]1CNC[C@H]1Nc1c(-c2ccc(Cl)cc2Cl)c(C)nn2cc(C)cc12. The fourth-order valence-electron chi connectivity index (χ4n) is 3.91. The van der Waals surface area contributed by atoms with Crippen molar-refractivity contribution in [2.45, 2.75) is 32.9 Å². The first kappa shape index (κ1) is 19.5. The maximum atomic E-state index is 6.58. The molecule has 0 unspecified atom stereocenters. The van der Waals surface area contributed by atoms with Gasteiger partial charge in [0.2, 0.25) is 0 Å². The zero-order valence-electron chi connectivity index (χ0n) is 16.2. The first-order valence-electron chi connectivity index (χ1n) is 9.51. The number of halogens is 2. The van der Waals surface area contributed by atoms with Crippen molar-refractivity contribution in [3.63, 3.8) is 0 Å². The standard InChI is InChI=1S/C21H24Cl2N4O/c1-4-28-19-10-24-9-17(19)25-21-18-7-12(2)11-27(18)26-13(3)20(21)15-6-5-14(22)8-16(15)23/h5-8,11,17,19,24-25H,4,9-10H2,1-3H3/t17-,19+/m1/s1. The molecule has 1 aliphatic rings.